The standard InChI is InChI=1S/C32H42N4/c1-9-21-17(5)25-14-30-23(11-3)19(7)27(35-30)16-32-24(12-4)20(8)28(36-32)15-31-22(10-2)18(6)26(34-31)13-29(21)33-25/h13-17,20-21,24,34-35H,9-12H2,1-8H3. The molecule has 5 rings (SSSR count). The summed E-state index contributed by atoms with van der Waals surface area (Å²) >= 11 is 0. The summed E-state index contributed by atoms with van der Waals surface area (Å²) in [5, 5.41) is 0. The number of aryl methyl sites for hydroxylation is 4. The van der Waals surface area contributed by atoms with Crippen LogP contribution in [0.2, 0.25) is 0 Å². The molecule has 2 aliphatic rings. The highest BCUT2D eigenvalue weighted by atomic mass is 14.8. The van der Waals surface area contributed by atoms with Crippen molar-refractivity contribution >= 4 is 22.1 Å². The minimum atomic E-state index is 0.394. The second-order valence-electron chi connectivity index (χ2n) is 10.9. The topological polar surface area (TPSA) is 57.4 Å². The first kappa shape index (κ1) is 24.8. The van der Waals surface area contributed by atoms with Crippen molar-refractivity contribution in [3.8, 4) is 0 Å². The summed E-state index contributed by atoms with van der Waals surface area (Å²) in [4.78, 5) is 18.0. The number of aromatic nitrogens is 4. The van der Waals surface area contributed by atoms with Gasteiger partial charge in [0.05, 0.1) is 0 Å². The van der Waals surface area contributed by atoms with Crippen molar-refractivity contribution in [1.82, 2.24) is 19.9 Å². The summed E-state index contributed by atoms with van der Waals surface area (Å²) in [7, 11) is 0. The second kappa shape index (κ2) is 9.53. The van der Waals surface area contributed by atoms with E-state index in [-0.39, 0.29) is 0 Å². The molecule has 4 unspecified atom stereocenters. The van der Waals surface area contributed by atoms with E-state index in [4.69, 9.17) is 9.97 Å². The summed E-state index contributed by atoms with van der Waals surface area (Å²) in [6, 6.07) is 9.26. The van der Waals surface area contributed by atoms with E-state index in [1.807, 2.05) is 0 Å². The first-order valence-electron chi connectivity index (χ1n) is 14.0. The van der Waals surface area contributed by atoms with E-state index < -0.39 is 0 Å². The molecule has 8 bridgehead atoms. The molecule has 36 heavy (non-hydrogen) atoms. The van der Waals surface area contributed by atoms with Gasteiger partial charge in [-0.15, -0.1) is 0 Å². The van der Waals surface area contributed by atoms with Gasteiger partial charge in [-0.3, -0.25) is 9.97 Å². The molecule has 5 heterocycles. The molecule has 0 aliphatic carbocycles. The smallest absolute Gasteiger partial charge is 0.0465 e. The van der Waals surface area contributed by atoms with Gasteiger partial charge < -0.3 is 9.97 Å². The van der Waals surface area contributed by atoms with E-state index in [0.29, 0.717) is 23.7 Å². The Kier molecular flexibility index (Phi) is 6.57. The molecule has 4 heteroatoms. The Hall–Kier alpha value is -2.88. The van der Waals surface area contributed by atoms with E-state index in [0.717, 1.165) is 25.7 Å². The van der Waals surface area contributed by atoms with E-state index in [2.05, 4.69) is 89.6 Å². The van der Waals surface area contributed by atoms with Crippen molar-refractivity contribution in [1.29, 1.82) is 0 Å². The number of hydrogen-bond donors (Lipinski definition) is 2. The largest absolute Gasteiger partial charge is 0.355 e. The molecule has 0 saturated carbocycles. The Labute approximate surface area is 216 Å². The van der Waals surface area contributed by atoms with Crippen LogP contribution in [0, 0.1) is 13.8 Å². The third kappa shape index (κ3) is 3.90. The van der Waals surface area contributed by atoms with Gasteiger partial charge in [0, 0.05) is 68.5 Å². The Balaban J connectivity index is 1.94. The van der Waals surface area contributed by atoms with Crippen molar-refractivity contribution in [2.75, 3.05) is 0 Å². The average molecular weight is 483 g/mol. The molecular weight excluding hydrogens is 440 g/mol. The zero-order valence-electron chi connectivity index (χ0n) is 23.3. The molecule has 2 aliphatic heterocycles. The number of nitrogens with one attached hydrogen (secondary N) is 2. The van der Waals surface area contributed by atoms with Gasteiger partial charge in [0.2, 0.25) is 0 Å². The van der Waals surface area contributed by atoms with Gasteiger partial charge in [-0.1, -0.05) is 41.5 Å². The molecule has 4 nitrogen and oxygen atoms in total. The molecule has 3 aromatic rings. The van der Waals surface area contributed by atoms with Crippen LogP contribution < -0.4 is 0 Å². The van der Waals surface area contributed by atoms with Crippen LogP contribution >= 0.6 is 0 Å². The molecular formula is C32H42N4. The monoisotopic (exact) mass is 482 g/mol. The number of hydrogen-bond acceptors (Lipinski definition) is 2. The van der Waals surface area contributed by atoms with E-state index >= 15 is 0 Å². The lowest BCUT2D eigenvalue weighted by Crippen LogP contribution is -2.00. The zero-order chi connectivity index (χ0) is 25.7. The van der Waals surface area contributed by atoms with E-state index in [9.17, 15) is 0 Å². The molecule has 0 amide bonds. The maximum atomic E-state index is 5.23. The predicted octanol–water partition coefficient (Wildman–Crippen LogP) is 8.65. The van der Waals surface area contributed by atoms with Crippen LogP contribution in [0.25, 0.3) is 22.1 Å². The average Bonchev–Trinajstić information content (AvgIpc) is 3.51. The highest BCUT2D eigenvalue weighted by Gasteiger charge is 2.29. The summed E-state index contributed by atoms with van der Waals surface area (Å²) < 4.78 is 0. The van der Waals surface area contributed by atoms with Crippen LogP contribution in [-0.4, -0.2) is 19.9 Å². The number of nitrogens with zero attached hydrogens (tertiary/aromatic N) is 2. The van der Waals surface area contributed by atoms with Crippen molar-refractivity contribution in [3.63, 3.8) is 0 Å². The molecule has 190 valence electrons. The lowest BCUT2D eigenvalue weighted by atomic mass is 9.89. The highest BCUT2D eigenvalue weighted by molar-refractivity contribution is 5.73. The lowest BCUT2D eigenvalue weighted by Gasteiger charge is -2.13. The lowest BCUT2D eigenvalue weighted by molar-refractivity contribution is 0.584. The van der Waals surface area contributed by atoms with Crippen LogP contribution in [0.3, 0.4) is 0 Å². The third-order valence-corrected chi connectivity index (χ3v) is 9.07. The van der Waals surface area contributed by atoms with E-state index in [1.165, 1.54) is 67.1 Å². The van der Waals surface area contributed by atoms with Gasteiger partial charge in [-0.05, 0) is 86.1 Å². The van der Waals surface area contributed by atoms with Crippen LogP contribution in [0.15, 0.2) is 24.3 Å². The predicted molar refractivity (Wildman–Crippen MR) is 152 cm³/mol. The van der Waals surface area contributed by atoms with Gasteiger partial charge in [-0.2, -0.15) is 0 Å². The van der Waals surface area contributed by atoms with Gasteiger partial charge in [0.15, 0.2) is 0 Å². The van der Waals surface area contributed by atoms with Crippen molar-refractivity contribution < 1.29 is 0 Å². The third-order valence-electron chi connectivity index (χ3n) is 9.07. The minimum Gasteiger partial charge on any atom is -0.355 e. The number of H-pyrrole nitrogens is 2. The summed E-state index contributed by atoms with van der Waals surface area (Å²) in [5.41, 5.74) is 15.0. The number of fused-ring (bicyclic) bond motifs is 8. The molecule has 0 radical (unpaired) electrons. The second-order valence-corrected chi connectivity index (χ2v) is 10.9. The maximum absolute atomic E-state index is 5.23. The molecule has 2 N–H and O–H groups in total. The van der Waals surface area contributed by atoms with Gasteiger partial charge in [0.1, 0.15) is 0 Å². The van der Waals surface area contributed by atoms with Crippen LogP contribution in [0.5, 0.6) is 0 Å². The Bertz CT molecular complexity index is 1340. The number of aromatic amines is 2. The summed E-state index contributed by atoms with van der Waals surface area (Å²) in [6.45, 7) is 18.2. The number of rotatable bonds is 4. The highest BCUT2D eigenvalue weighted by Crippen LogP contribution is 2.41. The molecule has 0 aromatic carbocycles. The van der Waals surface area contributed by atoms with E-state index in [1.54, 1.807) is 0 Å². The fourth-order valence-corrected chi connectivity index (χ4v) is 6.72. The molecule has 0 fully saturated rings. The first-order valence-corrected chi connectivity index (χ1v) is 14.0. The quantitative estimate of drug-likeness (QED) is 0.391. The summed E-state index contributed by atoms with van der Waals surface area (Å²) in [6.07, 6.45) is 4.17. The van der Waals surface area contributed by atoms with Crippen LogP contribution in [-0.2, 0) is 12.8 Å². The maximum Gasteiger partial charge on any atom is 0.0465 e. The Morgan fingerprint density at radius 2 is 0.944 bits per heavy atom. The van der Waals surface area contributed by atoms with Crippen LogP contribution in [0.1, 0.15) is 123 Å². The van der Waals surface area contributed by atoms with Crippen molar-refractivity contribution in [2.45, 2.75) is 105 Å². The van der Waals surface area contributed by atoms with Gasteiger partial charge >= 0.3 is 0 Å². The minimum absolute atomic E-state index is 0.394. The SMILES string of the molecule is CCc1c(C)c2cc3nc(cc4[nH]c(cc5nc(cc1[nH]2)C(C)C5CC)c(C)c4CC)C(C)C3CC. The summed E-state index contributed by atoms with van der Waals surface area (Å²) in [5.74, 6) is 1.65. The zero-order valence-corrected chi connectivity index (χ0v) is 23.3. The van der Waals surface area contributed by atoms with Crippen LogP contribution in [0.4, 0.5) is 0 Å². The molecule has 3 aromatic heterocycles. The Morgan fingerprint density at radius 1 is 0.583 bits per heavy atom. The fraction of sp³-hybridized carbons (Fsp3) is 0.500. The fourth-order valence-electron chi connectivity index (χ4n) is 6.72. The van der Waals surface area contributed by atoms with Crippen molar-refractivity contribution in [2.24, 2.45) is 0 Å². The normalized spacial score (nSPS) is 21.8. The molecule has 0 saturated heterocycles. The Morgan fingerprint density at radius 3 is 1.28 bits per heavy atom. The first-order chi connectivity index (χ1) is 17.3. The van der Waals surface area contributed by atoms with Crippen molar-refractivity contribution in [3.05, 3.63) is 69.3 Å². The molecule has 4 atom stereocenters. The van der Waals surface area contributed by atoms with Gasteiger partial charge in [-0.25, -0.2) is 0 Å². The van der Waals surface area contributed by atoms with Gasteiger partial charge in [0.25, 0.3) is 0 Å². The molecule has 0 spiro atoms.